The van der Waals surface area contributed by atoms with Gasteiger partial charge in [-0.25, -0.2) is 0 Å². The first kappa shape index (κ1) is 16.6. The lowest BCUT2D eigenvalue weighted by atomic mass is 10.1. The maximum absolute atomic E-state index is 10.5. The van der Waals surface area contributed by atoms with Gasteiger partial charge in [0, 0.05) is 30.4 Å². The van der Waals surface area contributed by atoms with Crippen LogP contribution in [0.15, 0.2) is 23.2 Å². The van der Waals surface area contributed by atoms with E-state index in [0.717, 1.165) is 23.7 Å². The van der Waals surface area contributed by atoms with Crippen LogP contribution >= 0.6 is 0 Å². The van der Waals surface area contributed by atoms with E-state index in [4.69, 9.17) is 14.5 Å². The summed E-state index contributed by atoms with van der Waals surface area (Å²) in [5.74, 6) is 2.53. The van der Waals surface area contributed by atoms with Crippen molar-refractivity contribution in [2.24, 2.45) is 10.9 Å². The van der Waals surface area contributed by atoms with Crippen molar-refractivity contribution in [1.82, 2.24) is 0 Å². The molecule has 1 aromatic rings. The molecular formula is C17H26N2O3. The Bertz CT molecular complexity index is 539. The zero-order valence-corrected chi connectivity index (χ0v) is 14.3. The zero-order valence-electron chi connectivity index (χ0n) is 14.3. The van der Waals surface area contributed by atoms with Crippen LogP contribution in [0.5, 0.6) is 11.5 Å². The van der Waals surface area contributed by atoms with Gasteiger partial charge in [0.15, 0.2) is 0 Å². The van der Waals surface area contributed by atoms with Crippen LogP contribution in [-0.2, 0) is 0 Å². The summed E-state index contributed by atoms with van der Waals surface area (Å²) < 4.78 is 10.7. The first-order chi connectivity index (χ1) is 10.3. The average molecular weight is 306 g/mol. The van der Waals surface area contributed by atoms with Gasteiger partial charge < -0.3 is 19.5 Å². The summed E-state index contributed by atoms with van der Waals surface area (Å²) in [5, 5.41) is 10.5. The Balaban J connectivity index is 2.44. The summed E-state index contributed by atoms with van der Waals surface area (Å²) >= 11 is 0. The quantitative estimate of drug-likeness (QED) is 0.909. The Morgan fingerprint density at radius 2 is 1.73 bits per heavy atom. The number of rotatable bonds is 5. The number of aliphatic hydroxyl groups is 1. The normalized spacial score (nSPS) is 18.6. The summed E-state index contributed by atoms with van der Waals surface area (Å²) in [4.78, 5) is 6.79. The van der Waals surface area contributed by atoms with Crippen LogP contribution in [-0.4, -0.2) is 43.3 Å². The number of nitrogens with zero attached hydrogens (tertiary/aromatic N) is 2. The lowest BCUT2D eigenvalue weighted by molar-refractivity contribution is 0.152. The van der Waals surface area contributed by atoms with E-state index in [-0.39, 0.29) is 6.04 Å². The Hall–Kier alpha value is -1.75. The lowest BCUT2D eigenvalue weighted by Crippen LogP contribution is -2.43. The van der Waals surface area contributed by atoms with Crippen LogP contribution in [0.4, 0.5) is 5.69 Å². The minimum Gasteiger partial charge on any atom is -0.497 e. The van der Waals surface area contributed by atoms with E-state index in [0.29, 0.717) is 11.8 Å². The Labute approximate surface area is 132 Å². The van der Waals surface area contributed by atoms with Crippen LogP contribution in [0, 0.1) is 5.92 Å². The molecular weight excluding hydrogens is 280 g/mol. The Morgan fingerprint density at radius 3 is 2.14 bits per heavy atom. The van der Waals surface area contributed by atoms with Crippen molar-refractivity contribution in [2.45, 2.75) is 39.3 Å². The number of amidine groups is 1. The molecule has 22 heavy (non-hydrogen) atoms. The summed E-state index contributed by atoms with van der Waals surface area (Å²) in [6, 6.07) is 5.87. The molecule has 0 saturated carbocycles. The first-order valence-electron chi connectivity index (χ1n) is 7.57. The van der Waals surface area contributed by atoms with Gasteiger partial charge in [-0.2, -0.15) is 0 Å². The Kier molecular flexibility index (Phi) is 4.66. The zero-order chi connectivity index (χ0) is 16.5. The van der Waals surface area contributed by atoms with Gasteiger partial charge in [0.05, 0.1) is 20.3 Å². The fourth-order valence-electron chi connectivity index (χ4n) is 2.57. The molecule has 5 heteroatoms. The molecule has 1 aliphatic heterocycles. The van der Waals surface area contributed by atoms with E-state index >= 15 is 0 Å². The first-order valence-corrected chi connectivity index (χ1v) is 7.57. The number of hydrogen-bond donors (Lipinski definition) is 1. The largest absolute Gasteiger partial charge is 0.497 e. The molecule has 0 amide bonds. The molecule has 0 spiro atoms. The third kappa shape index (κ3) is 3.35. The van der Waals surface area contributed by atoms with Crippen molar-refractivity contribution < 1.29 is 14.6 Å². The SMILES string of the molecule is COc1cc(OC)cc(N2C[C@H](C(C)C)N=C2C(C)(C)O)c1. The number of methoxy groups -OCH3 is 2. The number of anilines is 1. The maximum Gasteiger partial charge on any atom is 0.136 e. The van der Waals surface area contributed by atoms with Gasteiger partial charge in [0.1, 0.15) is 22.9 Å². The van der Waals surface area contributed by atoms with Crippen molar-refractivity contribution in [3.63, 3.8) is 0 Å². The van der Waals surface area contributed by atoms with Gasteiger partial charge in [-0.3, -0.25) is 4.99 Å². The molecule has 1 aliphatic rings. The second-order valence-electron chi connectivity index (χ2n) is 6.50. The summed E-state index contributed by atoms with van der Waals surface area (Å²) in [7, 11) is 3.26. The van der Waals surface area contributed by atoms with Crippen molar-refractivity contribution in [3.8, 4) is 11.5 Å². The molecule has 0 unspecified atom stereocenters. The highest BCUT2D eigenvalue weighted by Gasteiger charge is 2.36. The molecule has 1 heterocycles. The number of ether oxygens (including phenoxy) is 2. The molecule has 0 aromatic heterocycles. The minimum atomic E-state index is -1.00. The van der Waals surface area contributed by atoms with Crippen molar-refractivity contribution in [1.29, 1.82) is 0 Å². The maximum atomic E-state index is 10.5. The van der Waals surface area contributed by atoms with E-state index in [2.05, 4.69) is 18.7 Å². The minimum absolute atomic E-state index is 0.165. The smallest absolute Gasteiger partial charge is 0.136 e. The second-order valence-corrected chi connectivity index (χ2v) is 6.50. The summed E-state index contributed by atoms with van der Waals surface area (Å²) in [5.41, 5.74) is -0.0832. The molecule has 122 valence electrons. The number of hydrogen-bond acceptors (Lipinski definition) is 5. The van der Waals surface area contributed by atoms with Crippen LogP contribution in [0.2, 0.25) is 0 Å². The molecule has 1 atom stereocenters. The van der Waals surface area contributed by atoms with Gasteiger partial charge in [0.25, 0.3) is 0 Å². The predicted molar refractivity (Wildman–Crippen MR) is 89.3 cm³/mol. The van der Waals surface area contributed by atoms with E-state index in [1.54, 1.807) is 28.1 Å². The van der Waals surface area contributed by atoms with Crippen molar-refractivity contribution in [2.75, 3.05) is 25.7 Å². The number of aliphatic imine (C=N–C) groups is 1. The van der Waals surface area contributed by atoms with E-state index in [9.17, 15) is 5.11 Å². The van der Waals surface area contributed by atoms with Crippen LogP contribution < -0.4 is 14.4 Å². The van der Waals surface area contributed by atoms with Gasteiger partial charge in [-0.1, -0.05) is 13.8 Å². The highest BCUT2D eigenvalue weighted by atomic mass is 16.5. The lowest BCUT2D eigenvalue weighted by Gasteiger charge is -2.29. The molecule has 2 rings (SSSR count). The third-order valence-corrected chi connectivity index (χ3v) is 3.88. The molecule has 0 saturated heterocycles. The highest BCUT2D eigenvalue weighted by molar-refractivity contribution is 6.05. The van der Waals surface area contributed by atoms with Gasteiger partial charge >= 0.3 is 0 Å². The Morgan fingerprint density at radius 1 is 1.18 bits per heavy atom. The van der Waals surface area contributed by atoms with Gasteiger partial charge in [0.2, 0.25) is 0 Å². The van der Waals surface area contributed by atoms with E-state index in [1.807, 2.05) is 18.2 Å². The molecule has 5 nitrogen and oxygen atoms in total. The number of benzene rings is 1. The standard InChI is InChI=1S/C17H26N2O3/c1-11(2)15-10-19(16(18-15)17(3,4)20)12-7-13(21-5)9-14(8-12)22-6/h7-9,11,15,20H,10H2,1-6H3/t15-/m1/s1. The third-order valence-electron chi connectivity index (χ3n) is 3.88. The van der Waals surface area contributed by atoms with E-state index < -0.39 is 5.60 Å². The predicted octanol–water partition coefficient (Wildman–Crippen LogP) is 2.72. The summed E-state index contributed by atoms with van der Waals surface area (Å²) in [6.45, 7) is 8.56. The van der Waals surface area contributed by atoms with Crippen molar-refractivity contribution in [3.05, 3.63) is 18.2 Å². The monoisotopic (exact) mass is 306 g/mol. The van der Waals surface area contributed by atoms with Crippen LogP contribution in [0.25, 0.3) is 0 Å². The molecule has 0 radical (unpaired) electrons. The van der Waals surface area contributed by atoms with Gasteiger partial charge in [-0.15, -0.1) is 0 Å². The summed E-state index contributed by atoms with van der Waals surface area (Å²) in [6.07, 6.45) is 0. The fourth-order valence-corrected chi connectivity index (χ4v) is 2.57. The topological polar surface area (TPSA) is 54.3 Å². The van der Waals surface area contributed by atoms with Crippen LogP contribution in [0.3, 0.4) is 0 Å². The molecule has 1 aromatic carbocycles. The molecule has 0 fully saturated rings. The van der Waals surface area contributed by atoms with E-state index in [1.165, 1.54) is 0 Å². The second kappa shape index (κ2) is 6.16. The van der Waals surface area contributed by atoms with Crippen LogP contribution in [0.1, 0.15) is 27.7 Å². The average Bonchev–Trinajstić information content (AvgIpc) is 2.92. The molecule has 1 N–H and O–H groups in total. The molecule has 0 aliphatic carbocycles. The highest BCUT2D eigenvalue weighted by Crippen LogP contribution is 2.33. The van der Waals surface area contributed by atoms with Crippen molar-refractivity contribution >= 4 is 11.5 Å². The van der Waals surface area contributed by atoms with Gasteiger partial charge in [-0.05, 0) is 19.8 Å². The fraction of sp³-hybridized carbons (Fsp3) is 0.588. The molecule has 0 bridgehead atoms.